The van der Waals surface area contributed by atoms with Gasteiger partial charge in [-0.15, -0.1) is 11.3 Å². The quantitative estimate of drug-likeness (QED) is 0.499. The summed E-state index contributed by atoms with van der Waals surface area (Å²) in [6.07, 6.45) is 2.88. The minimum Gasteiger partial charge on any atom is -0.488 e. The Labute approximate surface area is 192 Å². The van der Waals surface area contributed by atoms with Gasteiger partial charge in [0.25, 0.3) is 0 Å². The molecular weight excluding hydrogens is 449 g/mol. The highest BCUT2D eigenvalue weighted by Gasteiger charge is 2.28. The van der Waals surface area contributed by atoms with Crippen molar-refractivity contribution in [3.63, 3.8) is 0 Å². The van der Waals surface area contributed by atoms with Crippen molar-refractivity contribution < 1.29 is 17.5 Å². The van der Waals surface area contributed by atoms with Gasteiger partial charge in [-0.25, -0.2) is 22.8 Å². The molecule has 1 aliphatic rings. The van der Waals surface area contributed by atoms with Gasteiger partial charge in [0.2, 0.25) is 9.84 Å². The molecular formula is C23H26FN3O3S2. The fraction of sp³-hybridized carbons (Fsp3) is 0.391. The Morgan fingerprint density at radius 2 is 1.94 bits per heavy atom. The number of thiazole rings is 1. The average Bonchev–Trinajstić information content (AvgIpc) is 3.30. The second kappa shape index (κ2) is 9.64. The first-order valence-corrected chi connectivity index (χ1v) is 13.1. The van der Waals surface area contributed by atoms with Gasteiger partial charge in [0, 0.05) is 30.1 Å². The van der Waals surface area contributed by atoms with Gasteiger partial charge in [0.15, 0.2) is 10.8 Å². The van der Waals surface area contributed by atoms with Crippen molar-refractivity contribution in [2.75, 3.05) is 13.1 Å². The highest BCUT2D eigenvalue weighted by atomic mass is 32.2. The van der Waals surface area contributed by atoms with Gasteiger partial charge in [-0.3, -0.25) is 4.90 Å². The molecule has 0 aliphatic carbocycles. The van der Waals surface area contributed by atoms with Crippen molar-refractivity contribution in [3.05, 3.63) is 70.1 Å². The first-order valence-electron chi connectivity index (χ1n) is 10.6. The molecule has 1 atom stereocenters. The van der Waals surface area contributed by atoms with Crippen LogP contribution in [0.5, 0.6) is 5.75 Å². The monoisotopic (exact) mass is 475 g/mol. The van der Waals surface area contributed by atoms with E-state index in [1.807, 2.05) is 18.2 Å². The van der Waals surface area contributed by atoms with Crippen LogP contribution in [0.15, 0.2) is 52.4 Å². The molecule has 0 saturated carbocycles. The van der Waals surface area contributed by atoms with Crippen molar-refractivity contribution in [1.29, 1.82) is 0 Å². The Hall–Kier alpha value is -2.36. The number of hydrogen-bond acceptors (Lipinski definition) is 7. The van der Waals surface area contributed by atoms with Crippen LogP contribution in [0.4, 0.5) is 4.39 Å². The summed E-state index contributed by atoms with van der Waals surface area (Å²) >= 11 is 1.29. The third kappa shape index (κ3) is 5.00. The first-order chi connectivity index (χ1) is 15.3. The number of benzene rings is 1. The van der Waals surface area contributed by atoms with E-state index >= 15 is 0 Å². The fourth-order valence-corrected chi connectivity index (χ4v) is 5.94. The van der Waals surface area contributed by atoms with Crippen LogP contribution in [-0.2, 0) is 15.6 Å². The number of likely N-dealkylation sites (tertiary alicyclic amines) is 1. The van der Waals surface area contributed by atoms with E-state index in [2.05, 4.69) is 33.9 Å². The van der Waals surface area contributed by atoms with Crippen LogP contribution in [0.1, 0.15) is 42.6 Å². The molecule has 2 aromatic heterocycles. The maximum absolute atomic E-state index is 14.9. The van der Waals surface area contributed by atoms with Crippen molar-refractivity contribution in [2.45, 2.75) is 49.6 Å². The molecule has 9 heteroatoms. The van der Waals surface area contributed by atoms with Gasteiger partial charge in [-0.1, -0.05) is 30.3 Å². The minimum absolute atomic E-state index is 0.0633. The summed E-state index contributed by atoms with van der Waals surface area (Å²) in [6, 6.07) is 10.7. The van der Waals surface area contributed by atoms with Gasteiger partial charge < -0.3 is 4.74 Å². The van der Waals surface area contributed by atoms with Crippen LogP contribution in [0.3, 0.4) is 0 Å². The SMILES string of the molecule is Cc1c(OC2CCN([C@H](C)c3ccccc3)CC2)cnc(S(=O)(=O)Cc2cscn2)c1F. The number of nitrogens with zero attached hydrogens (tertiary/aromatic N) is 3. The number of piperidine rings is 1. The van der Waals surface area contributed by atoms with E-state index in [0.29, 0.717) is 17.5 Å². The zero-order valence-electron chi connectivity index (χ0n) is 18.1. The number of halogens is 1. The molecule has 1 saturated heterocycles. The first kappa shape index (κ1) is 22.8. The minimum atomic E-state index is -3.93. The highest BCUT2D eigenvalue weighted by Crippen LogP contribution is 2.30. The summed E-state index contributed by atoms with van der Waals surface area (Å²) in [7, 11) is -3.93. The molecule has 1 fully saturated rings. The average molecular weight is 476 g/mol. The van der Waals surface area contributed by atoms with E-state index in [4.69, 9.17) is 4.74 Å². The predicted octanol–water partition coefficient (Wildman–Crippen LogP) is 4.56. The molecule has 0 spiro atoms. The van der Waals surface area contributed by atoms with Gasteiger partial charge in [-0.05, 0) is 32.3 Å². The third-order valence-electron chi connectivity index (χ3n) is 5.90. The summed E-state index contributed by atoms with van der Waals surface area (Å²) in [5, 5.41) is 1.08. The molecule has 6 nitrogen and oxygen atoms in total. The molecule has 3 heterocycles. The summed E-state index contributed by atoms with van der Waals surface area (Å²) in [5.74, 6) is -0.935. The zero-order chi connectivity index (χ0) is 22.7. The molecule has 0 bridgehead atoms. The van der Waals surface area contributed by atoms with Gasteiger partial charge >= 0.3 is 0 Å². The standard InChI is InChI=1S/C23H26FN3O3S2/c1-16-21(12-25-23(22(16)24)32(28,29)14-19-13-31-15-26-19)30-20-8-10-27(11-9-20)17(2)18-6-4-3-5-7-18/h3-7,12-13,15,17,20H,8-11,14H2,1-2H3/t17-/m1/s1. The summed E-state index contributed by atoms with van der Waals surface area (Å²) in [6.45, 7) is 5.47. The molecule has 32 heavy (non-hydrogen) atoms. The van der Waals surface area contributed by atoms with E-state index in [0.717, 1.165) is 25.9 Å². The van der Waals surface area contributed by atoms with Crippen molar-refractivity contribution in [1.82, 2.24) is 14.9 Å². The normalized spacial score (nSPS) is 16.7. The lowest BCUT2D eigenvalue weighted by Crippen LogP contribution is -2.39. The van der Waals surface area contributed by atoms with Crippen molar-refractivity contribution in [2.24, 2.45) is 0 Å². The summed E-state index contributed by atoms with van der Waals surface area (Å²) < 4.78 is 46.2. The van der Waals surface area contributed by atoms with E-state index in [-0.39, 0.29) is 17.4 Å². The number of pyridine rings is 1. The lowest BCUT2D eigenvalue weighted by Gasteiger charge is -2.36. The highest BCUT2D eigenvalue weighted by molar-refractivity contribution is 7.90. The topological polar surface area (TPSA) is 72.4 Å². The molecule has 4 rings (SSSR count). The van der Waals surface area contributed by atoms with Gasteiger partial charge in [0.05, 0.1) is 23.2 Å². The summed E-state index contributed by atoms with van der Waals surface area (Å²) in [5.41, 5.74) is 3.37. The van der Waals surface area contributed by atoms with Gasteiger partial charge in [0.1, 0.15) is 11.9 Å². The van der Waals surface area contributed by atoms with Crippen LogP contribution in [0.25, 0.3) is 0 Å². The number of rotatable bonds is 7. The molecule has 1 aliphatic heterocycles. The summed E-state index contributed by atoms with van der Waals surface area (Å²) in [4.78, 5) is 10.3. The Bertz CT molecular complexity index is 1150. The number of sulfone groups is 1. The lowest BCUT2D eigenvalue weighted by molar-refractivity contribution is 0.0786. The molecule has 3 aromatic rings. The van der Waals surface area contributed by atoms with E-state index in [9.17, 15) is 12.8 Å². The molecule has 0 unspecified atom stereocenters. The lowest BCUT2D eigenvalue weighted by atomic mass is 10.0. The molecule has 0 N–H and O–H groups in total. The number of aromatic nitrogens is 2. The Morgan fingerprint density at radius 3 is 2.59 bits per heavy atom. The molecule has 170 valence electrons. The van der Waals surface area contributed by atoms with Crippen molar-refractivity contribution >= 4 is 21.2 Å². The Balaban J connectivity index is 1.41. The predicted molar refractivity (Wildman–Crippen MR) is 122 cm³/mol. The van der Waals surface area contributed by atoms with Crippen LogP contribution in [0, 0.1) is 12.7 Å². The second-order valence-corrected chi connectivity index (χ2v) is 10.7. The van der Waals surface area contributed by atoms with E-state index in [1.165, 1.54) is 30.0 Å². The Morgan fingerprint density at radius 1 is 1.22 bits per heavy atom. The fourth-order valence-electron chi connectivity index (χ4n) is 3.95. The molecule has 1 aromatic carbocycles. The van der Waals surface area contributed by atoms with Crippen LogP contribution in [0.2, 0.25) is 0 Å². The number of hydrogen-bond donors (Lipinski definition) is 0. The maximum Gasteiger partial charge on any atom is 0.204 e. The van der Waals surface area contributed by atoms with Gasteiger partial charge in [-0.2, -0.15) is 0 Å². The molecule has 0 amide bonds. The largest absolute Gasteiger partial charge is 0.488 e. The van der Waals surface area contributed by atoms with E-state index in [1.54, 1.807) is 10.9 Å². The third-order valence-corrected chi connectivity index (χ3v) is 8.09. The second-order valence-electron chi connectivity index (χ2n) is 8.05. The number of ether oxygens (including phenoxy) is 1. The molecule has 0 radical (unpaired) electrons. The Kier molecular flexibility index (Phi) is 6.88. The maximum atomic E-state index is 14.9. The smallest absolute Gasteiger partial charge is 0.204 e. The van der Waals surface area contributed by atoms with Crippen LogP contribution >= 0.6 is 11.3 Å². The van der Waals surface area contributed by atoms with Crippen LogP contribution in [-0.4, -0.2) is 42.5 Å². The van der Waals surface area contributed by atoms with Crippen LogP contribution < -0.4 is 4.74 Å². The van der Waals surface area contributed by atoms with Crippen molar-refractivity contribution in [3.8, 4) is 5.75 Å². The zero-order valence-corrected chi connectivity index (χ0v) is 19.7. The van der Waals surface area contributed by atoms with E-state index < -0.39 is 20.7 Å².